The molecule has 0 saturated heterocycles. The molecule has 0 spiro atoms. The monoisotopic (exact) mass is 483 g/mol. The summed E-state index contributed by atoms with van der Waals surface area (Å²) < 4.78 is 63.5. The smallest absolute Gasteiger partial charge is 0.349 e. The second-order valence-corrected chi connectivity index (χ2v) is 7.82. The molecule has 2 aromatic carbocycles. The molecule has 2 N–H and O–H groups in total. The maximum atomic E-state index is 13.2. The number of hydrogen-bond donors (Lipinski definition) is 2. The van der Waals surface area contributed by atoms with E-state index in [1.54, 1.807) is 42.5 Å². The van der Waals surface area contributed by atoms with Crippen molar-refractivity contribution in [2.24, 2.45) is 5.92 Å². The molecule has 0 aromatic heterocycles. The summed E-state index contributed by atoms with van der Waals surface area (Å²) in [7, 11) is 1.52. The van der Waals surface area contributed by atoms with Crippen LogP contribution in [0.25, 0.3) is 11.1 Å². The Morgan fingerprint density at radius 1 is 0.971 bits per heavy atom. The fourth-order valence-electron chi connectivity index (χ4n) is 3.73. The lowest BCUT2D eigenvalue weighted by Gasteiger charge is -2.25. The second-order valence-electron chi connectivity index (χ2n) is 7.82. The highest BCUT2D eigenvalue weighted by atomic mass is 19.4. The van der Waals surface area contributed by atoms with Gasteiger partial charge in [-0.1, -0.05) is 49.4 Å². The summed E-state index contributed by atoms with van der Waals surface area (Å²) in [5, 5.41) is 3.99. The largest absolute Gasteiger partial charge is 0.455 e. The number of alkyl halides is 5. The molecule has 1 aliphatic heterocycles. The Morgan fingerprint density at radius 3 is 2.18 bits per heavy atom. The molecular weight excluding hydrogens is 461 g/mol. The lowest BCUT2D eigenvalue weighted by molar-refractivity contribution is -0.278. The first kappa shape index (κ1) is 25.1. The quantitative estimate of drug-likeness (QED) is 0.484. The zero-order valence-electron chi connectivity index (χ0n) is 18.2. The van der Waals surface area contributed by atoms with E-state index in [0.717, 1.165) is 5.56 Å². The minimum absolute atomic E-state index is 0.187. The van der Waals surface area contributed by atoms with Crippen molar-refractivity contribution < 1.29 is 36.3 Å². The van der Waals surface area contributed by atoms with Gasteiger partial charge in [-0.3, -0.25) is 14.4 Å². The number of rotatable bonds is 6. The van der Waals surface area contributed by atoms with E-state index in [4.69, 9.17) is 0 Å². The normalized spacial score (nSPS) is 16.7. The van der Waals surface area contributed by atoms with Crippen LogP contribution in [-0.4, -0.2) is 43.4 Å². The zero-order chi connectivity index (χ0) is 25.3. The van der Waals surface area contributed by atoms with E-state index < -0.39 is 48.3 Å². The van der Waals surface area contributed by atoms with E-state index >= 15 is 0 Å². The Bertz CT molecular complexity index is 1100. The molecule has 0 fully saturated rings. The number of para-hydroxylation sites is 1. The predicted molar refractivity (Wildman–Crippen MR) is 114 cm³/mol. The fourth-order valence-corrected chi connectivity index (χ4v) is 3.73. The van der Waals surface area contributed by atoms with E-state index in [9.17, 15) is 36.3 Å². The minimum atomic E-state index is -5.85. The Morgan fingerprint density at radius 2 is 1.56 bits per heavy atom. The van der Waals surface area contributed by atoms with E-state index in [-0.39, 0.29) is 6.42 Å². The molecule has 1 heterocycles. The number of nitrogens with one attached hydrogen (secondary N) is 2. The molecule has 6 nitrogen and oxygen atoms in total. The average molecular weight is 483 g/mol. The highest BCUT2D eigenvalue weighted by molar-refractivity contribution is 6.07. The van der Waals surface area contributed by atoms with Crippen LogP contribution in [0.4, 0.5) is 27.6 Å². The number of likely N-dealkylation sites (N-methyl/N-ethyl adjacent to an activating group) is 1. The fraction of sp³-hybridized carbons (Fsp3) is 0.348. The number of anilines is 1. The highest BCUT2D eigenvalue weighted by Crippen LogP contribution is 2.39. The van der Waals surface area contributed by atoms with E-state index in [2.05, 4.69) is 5.32 Å². The molecular formula is C23H22F5N3O3. The summed E-state index contributed by atoms with van der Waals surface area (Å²) in [6.07, 6.45) is -6.03. The van der Waals surface area contributed by atoms with E-state index in [0.29, 0.717) is 16.8 Å². The Labute approximate surface area is 192 Å². The standard InChI is InChI=1S/C23H22F5N3O3/c1-3-13(19(32)29-12-22(24,25)23(26,27)28)20(33)30-18-16-10-5-4-8-14(16)15-9-6-7-11-17(15)31(2)21(18)34/h4-11,13,18H,3,12H2,1-2H3,(H,29,32)(H,30,33)/t13-,18+/m0/s1. The van der Waals surface area contributed by atoms with Gasteiger partial charge in [-0.05, 0) is 23.6 Å². The maximum absolute atomic E-state index is 13.2. The van der Waals surface area contributed by atoms with Gasteiger partial charge < -0.3 is 15.5 Å². The van der Waals surface area contributed by atoms with Gasteiger partial charge in [0.2, 0.25) is 11.8 Å². The third-order valence-electron chi connectivity index (χ3n) is 5.63. The molecule has 2 aromatic rings. The second kappa shape index (κ2) is 9.40. The van der Waals surface area contributed by atoms with Gasteiger partial charge in [-0.2, -0.15) is 22.0 Å². The summed E-state index contributed by atoms with van der Waals surface area (Å²) >= 11 is 0. The van der Waals surface area contributed by atoms with Gasteiger partial charge in [0.25, 0.3) is 5.91 Å². The SMILES string of the molecule is CC[C@@H](C(=O)NCC(F)(F)C(F)(F)F)C(=O)N[C@H]1C(=O)N(C)c2ccccc2-c2ccccc21. The van der Waals surface area contributed by atoms with Crippen molar-refractivity contribution in [2.75, 3.05) is 18.5 Å². The molecule has 0 bridgehead atoms. The van der Waals surface area contributed by atoms with E-state index in [1.807, 2.05) is 6.07 Å². The summed E-state index contributed by atoms with van der Waals surface area (Å²) in [5.74, 6) is -9.51. The van der Waals surface area contributed by atoms with Gasteiger partial charge in [0, 0.05) is 12.6 Å². The lowest BCUT2D eigenvalue weighted by Crippen LogP contribution is -2.51. The van der Waals surface area contributed by atoms with Crippen molar-refractivity contribution >= 4 is 23.4 Å². The van der Waals surface area contributed by atoms with Crippen LogP contribution in [0, 0.1) is 5.92 Å². The molecule has 3 rings (SSSR count). The predicted octanol–water partition coefficient (Wildman–Crippen LogP) is 3.83. The first-order valence-electron chi connectivity index (χ1n) is 10.4. The number of hydrogen-bond acceptors (Lipinski definition) is 3. The number of halogens is 5. The topological polar surface area (TPSA) is 78.5 Å². The molecule has 0 saturated carbocycles. The van der Waals surface area contributed by atoms with Crippen LogP contribution in [0.15, 0.2) is 48.5 Å². The van der Waals surface area contributed by atoms with Gasteiger partial charge in [-0.25, -0.2) is 0 Å². The molecule has 3 amide bonds. The van der Waals surface area contributed by atoms with Crippen molar-refractivity contribution in [3.05, 3.63) is 54.1 Å². The van der Waals surface area contributed by atoms with Crippen molar-refractivity contribution in [1.29, 1.82) is 0 Å². The van der Waals surface area contributed by atoms with Gasteiger partial charge in [0.1, 0.15) is 12.0 Å². The van der Waals surface area contributed by atoms with Crippen LogP contribution < -0.4 is 15.5 Å². The first-order valence-corrected chi connectivity index (χ1v) is 10.4. The average Bonchev–Trinajstić information content (AvgIpc) is 2.87. The third kappa shape index (κ3) is 4.73. The van der Waals surface area contributed by atoms with Crippen LogP contribution in [0.1, 0.15) is 24.9 Å². The van der Waals surface area contributed by atoms with Gasteiger partial charge >= 0.3 is 12.1 Å². The first-order chi connectivity index (χ1) is 15.9. The zero-order valence-corrected chi connectivity index (χ0v) is 18.2. The summed E-state index contributed by atoms with van der Waals surface area (Å²) in [4.78, 5) is 39.8. The highest BCUT2D eigenvalue weighted by Gasteiger charge is 2.57. The van der Waals surface area contributed by atoms with Gasteiger partial charge in [0.05, 0.1) is 12.2 Å². The number of amides is 3. The van der Waals surface area contributed by atoms with Gasteiger partial charge in [-0.15, -0.1) is 0 Å². The maximum Gasteiger partial charge on any atom is 0.455 e. The third-order valence-corrected chi connectivity index (χ3v) is 5.63. The number of benzene rings is 2. The number of fused-ring (bicyclic) bond motifs is 3. The Kier molecular flexibility index (Phi) is 6.94. The number of nitrogens with zero attached hydrogens (tertiary/aromatic N) is 1. The van der Waals surface area contributed by atoms with Crippen LogP contribution in [-0.2, 0) is 14.4 Å². The van der Waals surface area contributed by atoms with Crippen LogP contribution in [0.3, 0.4) is 0 Å². The number of carbonyl (C=O) groups is 3. The van der Waals surface area contributed by atoms with Crippen molar-refractivity contribution in [3.63, 3.8) is 0 Å². The molecule has 2 atom stereocenters. The lowest BCUT2D eigenvalue weighted by atomic mass is 9.94. The van der Waals surface area contributed by atoms with Crippen LogP contribution in [0.5, 0.6) is 0 Å². The number of carbonyl (C=O) groups excluding carboxylic acids is 3. The summed E-state index contributed by atoms with van der Waals surface area (Å²) in [6.45, 7) is -0.598. The van der Waals surface area contributed by atoms with Crippen LogP contribution >= 0.6 is 0 Å². The van der Waals surface area contributed by atoms with Crippen molar-refractivity contribution in [3.8, 4) is 11.1 Å². The summed E-state index contributed by atoms with van der Waals surface area (Å²) in [5.41, 5.74) is 2.46. The van der Waals surface area contributed by atoms with Gasteiger partial charge in [0.15, 0.2) is 0 Å². The molecule has 0 unspecified atom stereocenters. The summed E-state index contributed by atoms with van der Waals surface area (Å²) in [6, 6.07) is 12.7. The molecule has 1 aliphatic rings. The van der Waals surface area contributed by atoms with E-state index in [1.165, 1.54) is 24.2 Å². The Hall–Kier alpha value is -3.50. The molecule has 182 valence electrons. The molecule has 11 heteroatoms. The van der Waals surface area contributed by atoms with Crippen molar-refractivity contribution in [1.82, 2.24) is 10.6 Å². The molecule has 34 heavy (non-hydrogen) atoms. The van der Waals surface area contributed by atoms with Crippen LogP contribution in [0.2, 0.25) is 0 Å². The molecule has 0 radical (unpaired) electrons. The minimum Gasteiger partial charge on any atom is -0.349 e. The Balaban J connectivity index is 1.85. The molecule has 0 aliphatic carbocycles. The van der Waals surface area contributed by atoms with Crippen molar-refractivity contribution in [2.45, 2.75) is 31.5 Å².